The molecular weight excluding hydrogens is 416 g/mol. The van der Waals surface area contributed by atoms with Gasteiger partial charge in [-0.15, -0.1) is 22.7 Å². The van der Waals surface area contributed by atoms with Gasteiger partial charge in [0.05, 0.1) is 4.88 Å². The van der Waals surface area contributed by atoms with Crippen LogP contribution in [0, 0.1) is 0 Å². The van der Waals surface area contributed by atoms with Gasteiger partial charge in [-0.05, 0) is 38.3 Å². The second kappa shape index (κ2) is 7.07. The Labute approximate surface area is 161 Å². The van der Waals surface area contributed by atoms with Crippen LogP contribution in [0.5, 0.6) is 0 Å². The minimum atomic E-state index is -0.123. The summed E-state index contributed by atoms with van der Waals surface area (Å²) < 4.78 is 0.915. The highest BCUT2D eigenvalue weighted by atomic mass is 79.9. The summed E-state index contributed by atoms with van der Waals surface area (Å²) in [6.45, 7) is 0. The Morgan fingerprint density at radius 1 is 1.16 bits per heavy atom. The van der Waals surface area contributed by atoms with Gasteiger partial charge in [0.1, 0.15) is 0 Å². The Morgan fingerprint density at radius 3 is 2.84 bits per heavy atom. The summed E-state index contributed by atoms with van der Waals surface area (Å²) in [7, 11) is 0. The van der Waals surface area contributed by atoms with Crippen LogP contribution in [0.4, 0.5) is 5.13 Å². The molecule has 25 heavy (non-hydrogen) atoms. The van der Waals surface area contributed by atoms with E-state index >= 15 is 0 Å². The lowest BCUT2D eigenvalue weighted by atomic mass is 10.0. The van der Waals surface area contributed by atoms with E-state index in [0.29, 0.717) is 10.0 Å². The highest BCUT2D eigenvalue weighted by molar-refractivity contribution is 9.10. The van der Waals surface area contributed by atoms with Crippen molar-refractivity contribution in [3.63, 3.8) is 0 Å². The van der Waals surface area contributed by atoms with Crippen LogP contribution >= 0.6 is 38.6 Å². The van der Waals surface area contributed by atoms with Crippen LogP contribution in [-0.2, 0) is 6.42 Å². The third-order valence-electron chi connectivity index (χ3n) is 3.81. The number of rotatable bonds is 4. The van der Waals surface area contributed by atoms with Crippen LogP contribution in [0.2, 0.25) is 0 Å². The molecule has 2 aromatic carbocycles. The number of benzene rings is 2. The monoisotopic (exact) mass is 428 g/mol. The van der Waals surface area contributed by atoms with Crippen LogP contribution in [-0.4, -0.2) is 10.9 Å². The maximum Gasteiger partial charge on any atom is 0.267 e. The predicted octanol–water partition coefficient (Wildman–Crippen LogP) is 5.96. The number of carbonyl (C=O) groups excluding carboxylic acids is 1. The smallest absolute Gasteiger partial charge is 0.267 e. The molecule has 0 aliphatic heterocycles. The molecule has 3 nitrogen and oxygen atoms in total. The van der Waals surface area contributed by atoms with Gasteiger partial charge >= 0.3 is 0 Å². The Morgan fingerprint density at radius 2 is 2.00 bits per heavy atom. The van der Waals surface area contributed by atoms with E-state index < -0.39 is 0 Å². The van der Waals surface area contributed by atoms with Gasteiger partial charge in [0.2, 0.25) is 0 Å². The number of thiophene rings is 1. The Bertz CT molecular complexity index is 1050. The van der Waals surface area contributed by atoms with Crippen LogP contribution in [0.15, 0.2) is 64.6 Å². The fourth-order valence-electron chi connectivity index (χ4n) is 2.67. The summed E-state index contributed by atoms with van der Waals surface area (Å²) in [5, 5.41) is 7.89. The highest BCUT2D eigenvalue weighted by Gasteiger charge is 2.12. The molecule has 0 spiro atoms. The molecule has 0 saturated carbocycles. The number of hydrogen-bond acceptors (Lipinski definition) is 4. The third-order valence-corrected chi connectivity index (χ3v) is 6.41. The Hall–Kier alpha value is -2.02. The standard InChI is InChI=1S/C19H13BrN2OS2/c20-14-9-17(24-11-14)18(23)22-19-21-10-15(25-19)8-13-6-3-5-12-4-1-2-7-16(12)13/h1-7,9-11H,8H2,(H,21,22,23). The first kappa shape index (κ1) is 16.4. The normalized spacial score (nSPS) is 10.9. The van der Waals surface area contributed by atoms with Gasteiger partial charge in [-0.1, -0.05) is 42.5 Å². The molecule has 4 aromatic rings. The van der Waals surface area contributed by atoms with E-state index in [0.717, 1.165) is 15.8 Å². The van der Waals surface area contributed by atoms with Gasteiger partial charge in [-0.3, -0.25) is 10.1 Å². The van der Waals surface area contributed by atoms with Crippen molar-refractivity contribution in [3.05, 3.63) is 79.9 Å². The average molecular weight is 429 g/mol. The fourth-order valence-corrected chi connectivity index (χ4v) is 4.82. The largest absolute Gasteiger partial charge is 0.297 e. The fraction of sp³-hybridized carbons (Fsp3) is 0.0526. The van der Waals surface area contributed by atoms with E-state index in [1.165, 1.54) is 39.0 Å². The number of fused-ring (bicyclic) bond motifs is 1. The number of carbonyl (C=O) groups is 1. The van der Waals surface area contributed by atoms with Crippen molar-refractivity contribution in [3.8, 4) is 0 Å². The molecule has 0 aliphatic rings. The SMILES string of the molecule is O=C(Nc1ncc(Cc2cccc3ccccc23)s1)c1cc(Br)cs1. The maximum absolute atomic E-state index is 12.2. The summed E-state index contributed by atoms with van der Waals surface area (Å²) >= 11 is 6.29. The number of aromatic nitrogens is 1. The van der Waals surface area contributed by atoms with Crippen LogP contribution < -0.4 is 5.32 Å². The van der Waals surface area contributed by atoms with E-state index in [4.69, 9.17) is 0 Å². The van der Waals surface area contributed by atoms with E-state index in [2.05, 4.69) is 68.7 Å². The number of halogens is 1. The van der Waals surface area contributed by atoms with Crippen molar-refractivity contribution < 1.29 is 4.79 Å². The summed E-state index contributed by atoms with van der Waals surface area (Å²) in [6, 6.07) is 16.5. The Balaban J connectivity index is 1.52. The van der Waals surface area contributed by atoms with Crippen LogP contribution in [0.1, 0.15) is 20.1 Å². The van der Waals surface area contributed by atoms with Crippen molar-refractivity contribution in [2.75, 3.05) is 5.32 Å². The Kier molecular flexibility index (Phi) is 4.65. The third kappa shape index (κ3) is 3.66. The molecule has 124 valence electrons. The molecule has 4 rings (SSSR count). The predicted molar refractivity (Wildman–Crippen MR) is 109 cm³/mol. The average Bonchev–Trinajstić information content (AvgIpc) is 3.24. The first-order chi connectivity index (χ1) is 12.2. The lowest BCUT2D eigenvalue weighted by Crippen LogP contribution is -2.09. The lowest BCUT2D eigenvalue weighted by Gasteiger charge is -2.04. The van der Waals surface area contributed by atoms with Crippen molar-refractivity contribution in [1.82, 2.24) is 4.98 Å². The zero-order chi connectivity index (χ0) is 17.2. The van der Waals surface area contributed by atoms with Gasteiger partial charge in [-0.25, -0.2) is 4.98 Å². The first-order valence-electron chi connectivity index (χ1n) is 7.66. The van der Waals surface area contributed by atoms with Crippen LogP contribution in [0.3, 0.4) is 0 Å². The second-order valence-corrected chi connectivity index (χ2v) is 8.47. The molecular formula is C19H13BrN2OS2. The van der Waals surface area contributed by atoms with E-state index in [9.17, 15) is 4.79 Å². The number of nitrogens with one attached hydrogen (secondary N) is 1. The number of amides is 1. The van der Waals surface area contributed by atoms with E-state index in [1.807, 2.05) is 17.6 Å². The molecule has 0 radical (unpaired) electrons. The van der Waals surface area contributed by atoms with Crippen molar-refractivity contribution in [2.24, 2.45) is 0 Å². The molecule has 0 unspecified atom stereocenters. The van der Waals surface area contributed by atoms with Crippen molar-refractivity contribution >= 4 is 60.4 Å². The zero-order valence-corrected chi connectivity index (χ0v) is 16.2. The van der Waals surface area contributed by atoms with Crippen LogP contribution in [0.25, 0.3) is 10.8 Å². The molecule has 0 bridgehead atoms. The van der Waals surface area contributed by atoms with E-state index in [-0.39, 0.29) is 5.91 Å². The highest BCUT2D eigenvalue weighted by Crippen LogP contribution is 2.27. The topological polar surface area (TPSA) is 42.0 Å². The van der Waals surface area contributed by atoms with E-state index in [1.54, 1.807) is 0 Å². The molecule has 0 aliphatic carbocycles. The molecule has 6 heteroatoms. The molecule has 0 saturated heterocycles. The molecule has 2 aromatic heterocycles. The molecule has 2 heterocycles. The van der Waals surface area contributed by atoms with Crippen molar-refractivity contribution in [1.29, 1.82) is 0 Å². The summed E-state index contributed by atoms with van der Waals surface area (Å²) in [5.74, 6) is -0.123. The summed E-state index contributed by atoms with van der Waals surface area (Å²) in [6.07, 6.45) is 2.64. The summed E-state index contributed by atoms with van der Waals surface area (Å²) in [5.41, 5.74) is 1.27. The molecule has 1 amide bonds. The quantitative estimate of drug-likeness (QED) is 0.435. The van der Waals surface area contributed by atoms with Crippen molar-refractivity contribution in [2.45, 2.75) is 6.42 Å². The minimum Gasteiger partial charge on any atom is -0.297 e. The minimum absolute atomic E-state index is 0.123. The first-order valence-corrected chi connectivity index (χ1v) is 10.1. The molecule has 0 atom stereocenters. The number of thiazole rings is 1. The van der Waals surface area contributed by atoms with Gasteiger partial charge in [0.15, 0.2) is 5.13 Å². The van der Waals surface area contributed by atoms with Gasteiger partial charge in [0.25, 0.3) is 5.91 Å². The number of hydrogen-bond donors (Lipinski definition) is 1. The zero-order valence-electron chi connectivity index (χ0n) is 13.0. The number of anilines is 1. The van der Waals surface area contributed by atoms with Gasteiger partial charge in [-0.2, -0.15) is 0 Å². The number of nitrogens with zero attached hydrogens (tertiary/aromatic N) is 1. The maximum atomic E-state index is 12.2. The second-order valence-electron chi connectivity index (χ2n) is 5.53. The lowest BCUT2D eigenvalue weighted by molar-refractivity contribution is 0.103. The van der Waals surface area contributed by atoms with Gasteiger partial charge < -0.3 is 0 Å². The van der Waals surface area contributed by atoms with Gasteiger partial charge in [0, 0.05) is 27.3 Å². The summed E-state index contributed by atoms with van der Waals surface area (Å²) in [4.78, 5) is 18.3. The molecule has 0 fully saturated rings. The molecule has 1 N–H and O–H groups in total.